The molecule has 2 aliphatic heterocycles. The fraction of sp³-hybridized carbons (Fsp3) is 0.400. The van der Waals surface area contributed by atoms with Gasteiger partial charge in [0.2, 0.25) is 29.5 Å². The van der Waals surface area contributed by atoms with Crippen LogP contribution in [0.1, 0.15) is 239 Å². The second kappa shape index (κ2) is 49.0. The molecule has 0 radical (unpaired) electrons. The lowest BCUT2D eigenvalue weighted by Crippen LogP contribution is -2.44. The number of allylic oxidation sites excluding steroid dienone is 4. The summed E-state index contributed by atoms with van der Waals surface area (Å²) in [6.07, 6.45) is 41.0. The van der Waals surface area contributed by atoms with Gasteiger partial charge in [-0.3, -0.25) is 57.2 Å². The van der Waals surface area contributed by atoms with E-state index < -0.39 is 18.1 Å². The molecule has 0 saturated carbocycles. The van der Waals surface area contributed by atoms with Crippen molar-refractivity contribution < 1.29 is 43.2 Å². The third-order valence-electron chi connectivity index (χ3n) is 25.3. The van der Waals surface area contributed by atoms with Crippen LogP contribution in [0.15, 0.2) is 161 Å². The van der Waals surface area contributed by atoms with Crippen molar-refractivity contribution >= 4 is 145 Å². The summed E-state index contributed by atoms with van der Waals surface area (Å²) < 4.78 is 6.77. The number of hydrogen-bond donors (Lipinski definition) is 2. The van der Waals surface area contributed by atoms with Gasteiger partial charge < -0.3 is 25.3 Å². The molecular formula is C105H121Br3N20O9. The van der Waals surface area contributed by atoms with Gasteiger partial charge >= 0.3 is 0 Å². The van der Waals surface area contributed by atoms with Gasteiger partial charge in [-0.1, -0.05) is 100 Å². The molecule has 3 atom stereocenters. The fourth-order valence-corrected chi connectivity index (χ4v) is 17.9. The van der Waals surface area contributed by atoms with Crippen molar-refractivity contribution in [3.63, 3.8) is 0 Å². The van der Waals surface area contributed by atoms with Crippen LogP contribution in [-0.4, -0.2) is 181 Å². The van der Waals surface area contributed by atoms with Gasteiger partial charge in [-0.15, -0.1) is 13.2 Å². The zero-order valence-corrected chi connectivity index (χ0v) is 85.1. The van der Waals surface area contributed by atoms with E-state index in [2.05, 4.69) is 162 Å². The number of benzene rings is 3. The number of carbonyl (C=O) groups excluding carboxylic acids is 9. The maximum Gasteiger partial charge on any atom is 0.248 e. The number of amides is 5. The zero-order chi connectivity index (χ0) is 98.3. The molecule has 0 bridgehead atoms. The minimum absolute atomic E-state index is 0.0863. The number of aromatic nitrogens is 15. The van der Waals surface area contributed by atoms with Gasteiger partial charge in [0.25, 0.3) is 0 Å². The van der Waals surface area contributed by atoms with E-state index in [9.17, 15) is 43.2 Å². The third kappa shape index (κ3) is 27.1. The number of nitrogens with zero attached hydrogens (tertiary/aromatic N) is 18. The van der Waals surface area contributed by atoms with Crippen LogP contribution in [0, 0.1) is 20.8 Å². The lowest BCUT2D eigenvalue weighted by molar-refractivity contribution is -0.137. The molecule has 2 N–H and O–H groups in total. The average Bonchev–Trinajstić information content (AvgIpc) is 1.62. The third-order valence-corrected chi connectivity index (χ3v) is 26.6. The van der Waals surface area contributed by atoms with Crippen LogP contribution in [0.5, 0.6) is 0 Å². The van der Waals surface area contributed by atoms with Crippen molar-refractivity contribution in [1.29, 1.82) is 0 Å². The lowest BCUT2D eigenvalue weighted by atomic mass is 9.96. The second-order valence-electron chi connectivity index (χ2n) is 35.4. The van der Waals surface area contributed by atoms with Gasteiger partial charge in [-0.2, -0.15) is 15.3 Å². The summed E-state index contributed by atoms with van der Waals surface area (Å²) in [7, 11) is 4.84. The van der Waals surface area contributed by atoms with Crippen molar-refractivity contribution in [3.05, 3.63) is 235 Å². The Morgan fingerprint density at radius 3 is 1.39 bits per heavy atom. The molecule has 0 spiro atoms. The summed E-state index contributed by atoms with van der Waals surface area (Å²) in [6.45, 7) is 22.3. The van der Waals surface area contributed by atoms with E-state index in [1.165, 1.54) is 35.5 Å². The number of fused-ring (bicyclic) bond motifs is 3. The van der Waals surface area contributed by atoms with Gasteiger partial charge in [-0.05, 0) is 284 Å². The number of pyridine rings is 3. The number of likely N-dealkylation sites (N-methyl/N-ethyl adjacent to an activating group) is 3. The standard InChI is InChI=1S/C37H43BrN6O3.C34H40BrN7O3.C34H38BrN7O3/c1-7-9-10-11-12-13-15-28-18-29(30-21-39-26(5)40-22-30)19-31-36(25(4)45)42-44(37(28)31)23-35(47)43(6)24(3)33(46)20-32-27(14-8-2)16-17-34(38)41-32;2*1-21-34(45)39-33-24(14-15-29(35)38-33)12-10-8-6-5-7-9-11-13-25-16-26(27-18-36-23(3)37-19-27)17-28-31(22(2)43)40-42(32(25)28)20-30(44)41(21)4/h7-8,16-19,21-22,24H,1-2,9-15,20,23H2,3-6H3;14-19,21H,5-13,20H2,1-4H3,(H,38,39,45);8,10,14-19,21H,5-7,9,11-13,20H2,1-4H3,(H,38,39,45)/b;;10-8+/t24-;2*21-/m000/s1. The van der Waals surface area contributed by atoms with E-state index in [0.29, 0.717) is 94.7 Å². The molecule has 716 valence electrons. The molecule has 11 heterocycles. The van der Waals surface area contributed by atoms with E-state index >= 15 is 0 Å². The number of aryl methyl sites for hydroxylation is 7. The monoisotopic (exact) mass is 2040 g/mol. The minimum Gasteiger partial charge on any atom is -0.334 e. The van der Waals surface area contributed by atoms with Crippen LogP contribution >= 0.6 is 47.8 Å². The van der Waals surface area contributed by atoms with Crippen molar-refractivity contribution in [1.82, 2.24) is 88.9 Å². The number of Topliss-reactive ketones (excluding diaryl/α,β-unsaturated/α-hetero) is 4. The SMILES string of the molecule is C=CCCCCCCc1cc(-c2cnc(C)nc2)cc2c(C(C)=O)nn(CC(=O)N(C)[C@@H](C)C(=O)Cc3nc(Br)ccc3CC=C)c12.CC(=O)c1nn2c3c(cc(-c4cnc(C)nc4)cc13)CCCCCC/C=C/Cc1ccc(Br)nc1NC(=O)[C@H](C)N(C)C(=O)C2.CC(=O)c1nn2c3c(cc(-c4cnc(C)nc4)cc13)CCCCCCCCCc1ccc(Br)nc1NC(=O)[C@H](C)N(C)C(=O)C2. The summed E-state index contributed by atoms with van der Waals surface area (Å²) in [6, 6.07) is 21.3. The van der Waals surface area contributed by atoms with Crippen LogP contribution in [-0.2, 0) is 93.3 Å². The summed E-state index contributed by atoms with van der Waals surface area (Å²) in [5.41, 5.74) is 14.9. The van der Waals surface area contributed by atoms with Gasteiger partial charge in [0.15, 0.2) is 23.1 Å². The number of unbranched alkanes of at least 4 members (excludes halogenated alkanes) is 4. The van der Waals surface area contributed by atoms with Gasteiger partial charge in [0.1, 0.15) is 91.7 Å². The molecule has 32 heteroatoms. The molecule has 0 unspecified atom stereocenters. The number of halogens is 3. The Morgan fingerprint density at radius 1 is 0.489 bits per heavy atom. The summed E-state index contributed by atoms with van der Waals surface area (Å²) >= 11 is 10.2. The molecule has 3 aromatic carbocycles. The first-order valence-corrected chi connectivity index (χ1v) is 49.4. The molecule has 12 aromatic rings. The topological polar surface area (TPSA) is 357 Å². The molecule has 2 aliphatic rings. The van der Waals surface area contributed by atoms with Crippen molar-refractivity contribution in [3.8, 4) is 33.4 Å². The Labute approximate surface area is 825 Å². The molecule has 14 rings (SSSR count). The highest BCUT2D eigenvalue weighted by Crippen LogP contribution is 2.37. The van der Waals surface area contributed by atoms with E-state index in [-0.39, 0.29) is 78.7 Å². The number of nitrogens with one attached hydrogen (secondary N) is 2. The van der Waals surface area contributed by atoms with Crippen LogP contribution in [0.3, 0.4) is 0 Å². The first-order chi connectivity index (χ1) is 65.8. The smallest absolute Gasteiger partial charge is 0.248 e. The van der Waals surface area contributed by atoms with Crippen LogP contribution in [0.2, 0.25) is 0 Å². The van der Waals surface area contributed by atoms with E-state index in [0.717, 1.165) is 218 Å². The number of hydrogen-bond acceptors (Lipinski definition) is 21. The molecule has 29 nitrogen and oxygen atoms in total. The van der Waals surface area contributed by atoms with Gasteiger partial charge in [-0.25, -0.2) is 44.9 Å². The number of rotatable bonds is 21. The van der Waals surface area contributed by atoms with E-state index in [1.54, 1.807) is 99.2 Å². The highest BCUT2D eigenvalue weighted by atomic mass is 79.9. The molecule has 0 fully saturated rings. The zero-order valence-electron chi connectivity index (χ0n) is 80.3. The average molecular weight is 2050 g/mol. The minimum atomic E-state index is -0.783. The van der Waals surface area contributed by atoms with Crippen molar-refractivity contribution in [2.45, 2.75) is 254 Å². The van der Waals surface area contributed by atoms with Gasteiger partial charge in [0, 0.05) is 112 Å². The molecule has 5 amide bonds. The van der Waals surface area contributed by atoms with Crippen LogP contribution in [0.4, 0.5) is 11.6 Å². The number of ketones is 4. The Kier molecular flexibility index (Phi) is 36.9. The number of anilines is 2. The van der Waals surface area contributed by atoms with E-state index in [1.807, 2.05) is 81.4 Å². The highest BCUT2D eigenvalue weighted by Gasteiger charge is 2.32. The van der Waals surface area contributed by atoms with Crippen molar-refractivity contribution in [2.75, 3.05) is 31.8 Å². The molecule has 0 aliphatic carbocycles. The van der Waals surface area contributed by atoms with E-state index in [4.69, 9.17) is 0 Å². The summed E-state index contributed by atoms with van der Waals surface area (Å²) in [5.74, 6) is 0.751. The second-order valence-corrected chi connectivity index (χ2v) is 37.8. The summed E-state index contributed by atoms with van der Waals surface area (Å²) in [4.78, 5) is 164. The Hall–Kier alpha value is -12.6. The number of carbonyl (C=O) groups is 9. The normalized spacial score (nSPS) is 15.7. The Morgan fingerprint density at radius 2 is 0.912 bits per heavy atom. The van der Waals surface area contributed by atoms with Crippen LogP contribution < -0.4 is 10.6 Å². The Bertz CT molecular complexity index is 6490. The predicted octanol–water partition coefficient (Wildman–Crippen LogP) is 20.0. The molecule has 9 aromatic heterocycles. The molecular weight excluding hydrogens is 1920 g/mol. The van der Waals surface area contributed by atoms with Crippen LogP contribution in [0.25, 0.3) is 66.1 Å². The van der Waals surface area contributed by atoms with Gasteiger partial charge in [0.05, 0.1) is 34.7 Å². The summed E-state index contributed by atoms with van der Waals surface area (Å²) in [5, 5.41) is 21.9. The highest BCUT2D eigenvalue weighted by molar-refractivity contribution is 9.11. The molecule has 0 saturated heterocycles. The van der Waals surface area contributed by atoms with Crippen molar-refractivity contribution in [2.24, 2.45) is 0 Å². The Balaban J connectivity index is 0.000000185. The largest absolute Gasteiger partial charge is 0.334 e. The maximum absolute atomic E-state index is 13.7. The first-order valence-electron chi connectivity index (χ1n) is 47.0. The molecule has 137 heavy (non-hydrogen) atoms. The predicted molar refractivity (Wildman–Crippen MR) is 545 cm³/mol. The first kappa shape index (κ1) is 103. The fourth-order valence-electron chi connectivity index (χ4n) is 17.0. The quantitative estimate of drug-likeness (QED) is 0.0292. The maximum atomic E-state index is 13.7. The lowest BCUT2D eigenvalue weighted by Gasteiger charge is -2.25.